The maximum atomic E-state index is 2.47. The number of rotatable bonds is 40. The zero-order chi connectivity index (χ0) is 34.2. The molecule has 0 bridgehead atoms. The Labute approximate surface area is 300 Å². The largest absolute Gasteiger partial charge is 0.328 e. The fraction of sp³-hybridized carbons (Fsp3) is 0.913. The molecule has 0 heterocycles. The van der Waals surface area contributed by atoms with Crippen LogP contribution in [0.15, 0.2) is 24.3 Å². The highest BCUT2D eigenvalue weighted by molar-refractivity contribution is 4.82. The number of quaternary nitrogens is 1. The van der Waals surface area contributed by atoms with Crippen molar-refractivity contribution in [3.05, 3.63) is 24.3 Å². The fourth-order valence-electron chi connectivity index (χ4n) is 7.10. The van der Waals surface area contributed by atoms with Gasteiger partial charge in [0.05, 0.1) is 27.2 Å². The van der Waals surface area contributed by atoms with Gasteiger partial charge in [0.15, 0.2) is 0 Å². The van der Waals surface area contributed by atoms with Crippen molar-refractivity contribution in [2.45, 2.75) is 245 Å². The van der Waals surface area contributed by atoms with E-state index in [4.69, 9.17) is 0 Å². The molecule has 0 atom stereocenters. The van der Waals surface area contributed by atoms with Crippen molar-refractivity contribution in [1.29, 1.82) is 0 Å². The normalized spacial score (nSPS) is 12.3. The first kappa shape index (κ1) is 46.4. The molecule has 0 unspecified atom stereocenters. The molecular weight excluding hydrogens is 567 g/mol. The van der Waals surface area contributed by atoms with Crippen LogP contribution in [0, 0.1) is 0 Å². The molecule has 0 aliphatic heterocycles. The number of hydrogen-bond acceptors (Lipinski definition) is 0. The number of nitrogens with zero attached hydrogens (tertiary/aromatic N) is 1. The lowest BCUT2D eigenvalue weighted by Crippen LogP contribution is -2.41. The Bertz CT molecular complexity index is 565. The Morgan fingerprint density at radius 1 is 0.255 bits per heavy atom. The van der Waals surface area contributed by atoms with E-state index in [1.165, 1.54) is 249 Å². The van der Waals surface area contributed by atoms with Crippen molar-refractivity contribution < 1.29 is 4.48 Å². The maximum absolute atomic E-state index is 2.47. The highest BCUT2D eigenvalue weighted by Gasteiger charge is 2.13. The molecule has 0 rings (SSSR count). The lowest BCUT2D eigenvalue weighted by Gasteiger charge is -2.30. The second-order valence-electron chi connectivity index (χ2n) is 16.1. The first-order valence-corrected chi connectivity index (χ1v) is 22.2. The van der Waals surface area contributed by atoms with Crippen LogP contribution in [0.25, 0.3) is 0 Å². The van der Waals surface area contributed by atoms with Gasteiger partial charge >= 0.3 is 0 Å². The Kier molecular flexibility index (Phi) is 39.4. The third-order valence-electron chi connectivity index (χ3n) is 10.6. The summed E-state index contributed by atoms with van der Waals surface area (Å²) in [5.41, 5.74) is 0. The van der Waals surface area contributed by atoms with Gasteiger partial charge in [-0.25, -0.2) is 0 Å². The standard InChI is InChI=1S/C46H92N/c1-5-7-9-11-13-15-17-19-21-23-25-27-29-31-33-35-37-39-41-43-45-47(3,4)46-44-42-40-38-36-34-32-30-28-26-24-22-20-18-16-14-12-10-8-6-2/h19-22H,5-18,23-46H2,1-4H3/q+1/b21-19-,22-20-. The van der Waals surface area contributed by atoms with Crippen LogP contribution < -0.4 is 0 Å². The highest BCUT2D eigenvalue weighted by Crippen LogP contribution is 2.16. The third-order valence-corrected chi connectivity index (χ3v) is 10.6. The molecule has 0 aromatic heterocycles. The van der Waals surface area contributed by atoms with E-state index >= 15 is 0 Å². The van der Waals surface area contributed by atoms with E-state index in [0.717, 1.165) is 0 Å². The van der Waals surface area contributed by atoms with Crippen LogP contribution in [0.5, 0.6) is 0 Å². The summed E-state index contributed by atoms with van der Waals surface area (Å²) < 4.78 is 1.24. The second-order valence-corrected chi connectivity index (χ2v) is 16.1. The Hall–Kier alpha value is -0.560. The molecule has 47 heavy (non-hydrogen) atoms. The summed E-state index contributed by atoms with van der Waals surface area (Å²) in [6.07, 6.45) is 61.0. The molecule has 0 aliphatic rings. The van der Waals surface area contributed by atoms with Gasteiger partial charge < -0.3 is 4.48 Å². The van der Waals surface area contributed by atoms with Crippen molar-refractivity contribution in [2.75, 3.05) is 27.2 Å². The highest BCUT2D eigenvalue weighted by atomic mass is 15.3. The van der Waals surface area contributed by atoms with E-state index in [2.05, 4.69) is 52.2 Å². The molecule has 0 fully saturated rings. The fourth-order valence-corrected chi connectivity index (χ4v) is 7.10. The van der Waals surface area contributed by atoms with E-state index in [-0.39, 0.29) is 0 Å². The van der Waals surface area contributed by atoms with Gasteiger partial charge in [0, 0.05) is 0 Å². The zero-order valence-corrected chi connectivity index (χ0v) is 33.6. The molecule has 0 N–H and O–H groups in total. The quantitative estimate of drug-likeness (QED) is 0.0349. The summed E-state index contributed by atoms with van der Waals surface area (Å²) in [5, 5.41) is 0. The smallest absolute Gasteiger partial charge is 0.0782 e. The first-order valence-electron chi connectivity index (χ1n) is 22.2. The molecule has 0 radical (unpaired) electrons. The molecule has 1 heteroatoms. The third kappa shape index (κ3) is 41.5. The summed E-state index contributed by atoms with van der Waals surface area (Å²) in [6, 6.07) is 0. The minimum atomic E-state index is 1.24. The van der Waals surface area contributed by atoms with Crippen molar-refractivity contribution in [3.8, 4) is 0 Å². The summed E-state index contributed by atoms with van der Waals surface area (Å²) in [7, 11) is 4.94. The molecule has 0 aliphatic carbocycles. The lowest BCUT2D eigenvalue weighted by molar-refractivity contribution is -0.890. The van der Waals surface area contributed by atoms with Crippen molar-refractivity contribution >= 4 is 0 Å². The predicted molar refractivity (Wildman–Crippen MR) is 218 cm³/mol. The molecule has 0 amide bonds. The van der Waals surface area contributed by atoms with Crippen LogP contribution >= 0.6 is 0 Å². The summed E-state index contributed by atoms with van der Waals surface area (Å²) in [6.45, 7) is 7.35. The van der Waals surface area contributed by atoms with E-state index in [9.17, 15) is 0 Å². The maximum Gasteiger partial charge on any atom is 0.0782 e. The summed E-state index contributed by atoms with van der Waals surface area (Å²) in [4.78, 5) is 0. The van der Waals surface area contributed by atoms with E-state index in [0.29, 0.717) is 0 Å². The molecule has 1 nitrogen and oxygen atoms in total. The van der Waals surface area contributed by atoms with Gasteiger partial charge in [-0.3, -0.25) is 0 Å². The lowest BCUT2D eigenvalue weighted by atomic mass is 10.0. The van der Waals surface area contributed by atoms with E-state index in [1.54, 1.807) is 0 Å². The molecule has 280 valence electrons. The average molecular weight is 659 g/mol. The molecule has 0 aromatic carbocycles. The minimum absolute atomic E-state index is 1.24. The second kappa shape index (κ2) is 39.9. The van der Waals surface area contributed by atoms with Gasteiger partial charge in [-0.15, -0.1) is 0 Å². The van der Waals surface area contributed by atoms with Crippen LogP contribution in [-0.4, -0.2) is 31.7 Å². The molecule has 0 saturated heterocycles. The first-order chi connectivity index (χ1) is 23.1. The Morgan fingerprint density at radius 3 is 0.681 bits per heavy atom. The average Bonchev–Trinajstić information content (AvgIpc) is 3.06. The predicted octanol–water partition coefficient (Wildman–Crippen LogP) is 16.3. The van der Waals surface area contributed by atoms with Crippen molar-refractivity contribution in [3.63, 3.8) is 0 Å². The zero-order valence-electron chi connectivity index (χ0n) is 33.6. The molecule has 0 saturated carbocycles. The van der Waals surface area contributed by atoms with Crippen LogP contribution in [-0.2, 0) is 0 Å². The Balaban J connectivity index is 3.31. The van der Waals surface area contributed by atoms with Crippen LogP contribution in [0.1, 0.15) is 245 Å². The van der Waals surface area contributed by atoms with Gasteiger partial charge in [-0.1, -0.05) is 192 Å². The van der Waals surface area contributed by atoms with Crippen LogP contribution in [0.3, 0.4) is 0 Å². The monoisotopic (exact) mass is 659 g/mol. The van der Waals surface area contributed by atoms with Gasteiger partial charge in [-0.05, 0) is 77.0 Å². The van der Waals surface area contributed by atoms with Crippen molar-refractivity contribution in [2.24, 2.45) is 0 Å². The van der Waals surface area contributed by atoms with Crippen LogP contribution in [0.2, 0.25) is 0 Å². The minimum Gasteiger partial charge on any atom is -0.328 e. The van der Waals surface area contributed by atoms with E-state index in [1.807, 2.05) is 0 Å². The molecule has 0 aromatic rings. The van der Waals surface area contributed by atoms with Gasteiger partial charge in [0.25, 0.3) is 0 Å². The van der Waals surface area contributed by atoms with Crippen molar-refractivity contribution in [1.82, 2.24) is 0 Å². The van der Waals surface area contributed by atoms with Gasteiger partial charge in [0.2, 0.25) is 0 Å². The SMILES string of the molecule is CCCCCCCC/C=C\CCCCCCCCCCCC[N+](C)(C)CCCCCCCCCCCC/C=C\CCCCCCCC. The molecule has 0 spiro atoms. The topological polar surface area (TPSA) is 0 Å². The summed E-state index contributed by atoms with van der Waals surface area (Å²) in [5.74, 6) is 0. The number of allylic oxidation sites excluding steroid dienone is 4. The van der Waals surface area contributed by atoms with Gasteiger partial charge in [0.1, 0.15) is 0 Å². The van der Waals surface area contributed by atoms with Crippen LogP contribution in [0.4, 0.5) is 0 Å². The van der Waals surface area contributed by atoms with Gasteiger partial charge in [-0.2, -0.15) is 0 Å². The summed E-state index contributed by atoms with van der Waals surface area (Å²) >= 11 is 0. The number of hydrogen-bond donors (Lipinski definition) is 0. The Morgan fingerprint density at radius 2 is 0.447 bits per heavy atom. The molecular formula is C46H92N+. The van der Waals surface area contributed by atoms with E-state index < -0.39 is 0 Å². The number of unbranched alkanes of at least 4 members (excludes halogenated alkanes) is 32.